The lowest BCUT2D eigenvalue weighted by Gasteiger charge is -2.08. The molecule has 10 heteroatoms. The molecule has 0 aliphatic rings. The maximum Gasteiger partial charge on any atom is 0.335 e. The number of aryl methyl sites for hydroxylation is 1. The van der Waals surface area contributed by atoms with E-state index in [4.69, 9.17) is 0 Å². The van der Waals surface area contributed by atoms with Gasteiger partial charge < -0.3 is 4.57 Å². The zero-order chi connectivity index (χ0) is 19.1. The van der Waals surface area contributed by atoms with Gasteiger partial charge in [0, 0.05) is 12.6 Å². The van der Waals surface area contributed by atoms with Gasteiger partial charge in [-0.25, -0.2) is 19.0 Å². The minimum atomic E-state index is -1.51. The minimum absolute atomic E-state index is 0.165. The highest BCUT2D eigenvalue weighted by Gasteiger charge is 2.27. The van der Waals surface area contributed by atoms with Gasteiger partial charge in [0.25, 0.3) is 0 Å². The quantitative estimate of drug-likeness (QED) is 0.406. The topological polar surface area (TPSA) is 91.7 Å². The van der Waals surface area contributed by atoms with Crippen molar-refractivity contribution < 1.29 is 13.7 Å². The zero-order valence-electron chi connectivity index (χ0n) is 14.0. The monoisotopic (exact) mass is 370 g/mol. The number of hydrogen-bond donors (Lipinski definition) is 0. The van der Waals surface area contributed by atoms with E-state index in [1.807, 2.05) is 24.3 Å². The molecule has 0 saturated carbocycles. The molecule has 0 amide bonds. The fourth-order valence-electron chi connectivity index (χ4n) is 2.95. The molecule has 8 nitrogen and oxygen atoms in total. The first-order valence-corrected chi connectivity index (χ1v) is 7.89. The van der Waals surface area contributed by atoms with Crippen LogP contribution in [0.15, 0.2) is 43.0 Å². The van der Waals surface area contributed by atoms with Crippen LogP contribution in [0.25, 0.3) is 16.7 Å². The standard InChI is InChI=1S/C17H12F2N6O2/c1-10-22-16-14(6-13(18)15(19)17(16)25(26)27)23(10)7-11-2-4-12(5-3-11)24-9-20-8-21-24/h2-6,8-9H,7H2,1H3. The van der Waals surface area contributed by atoms with Crippen LogP contribution < -0.4 is 0 Å². The van der Waals surface area contributed by atoms with Crippen molar-refractivity contribution in [3.8, 4) is 5.69 Å². The Morgan fingerprint density at radius 2 is 1.96 bits per heavy atom. The summed E-state index contributed by atoms with van der Waals surface area (Å²) >= 11 is 0. The predicted molar refractivity (Wildman–Crippen MR) is 91.5 cm³/mol. The van der Waals surface area contributed by atoms with Crippen molar-refractivity contribution in [1.82, 2.24) is 24.3 Å². The average Bonchev–Trinajstić information content (AvgIpc) is 3.26. The van der Waals surface area contributed by atoms with E-state index in [1.165, 1.54) is 6.33 Å². The van der Waals surface area contributed by atoms with Crippen molar-refractivity contribution in [3.63, 3.8) is 0 Å². The van der Waals surface area contributed by atoms with E-state index in [-0.39, 0.29) is 11.0 Å². The molecule has 2 aromatic carbocycles. The van der Waals surface area contributed by atoms with Gasteiger partial charge in [0.2, 0.25) is 5.82 Å². The van der Waals surface area contributed by atoms with Gasteiger partial charge in [0.1, 0.15) is 18.5 Å². The molecule has 0 radical (unpaired) electrons. The van der Waals surface area contributed by atoms with Crippen LogP contribution in [0.1, 0.15) is 11.4 Å². The van der Waals surface area contributed by atoms with E-state index < -0.39 is 22.2 Å². The van der Waals surface area contributed by atoms with Crippen molar-refractivity contribution >= 4 is 16.7 Å². The second kappa shape index (κ2) is 6.24. The number of nitro benzene ring substituents is 1. The molecule has 0 N–H and O–H groups in total. The molecule has 0 bridgehead atoms. The molecule has 136 valence electrons. The van der Waals surface area contributed by atoms with E-state index in [0.29, 0.717) is 12.4 Å². The predicted octanol–water partition coefficient (Wildman–Crippen LogP) is 3.16. The van der Waals surface area contributed by atoms with Crippen LogP contribution in [0.4, 0.5) is 14.5 Å². The van der Waals surface area contributed by atoms with Crippen molar-refractivity contribution in [2.75, 3.05) is 0 Å². The second-order valence-corrected chi connectivity index (χ2v) is 5.90. The van der Waals surface area contributed by atoms with Gasteiger partial charge in [-0.15, -0.1) is 0 Å². The molecule has 2 aromatic heterocycles. The van der Waals surface area contributed by atoms with Gasteiger partial charge in [0.15, 0.2) is 11.3 Å². The third-order valence-corrected chi connectivity index (χ3v) is 4.25. The van der Waals surface area contributed by atoms with E-state index in [9.17, 15) is 18.9 Å². The van der Waals surface area contributed by atoms with Crippen LogP contribution in [0.3, 0.4) is 0 Å². The molecule has 4 rings (SSSR count). The normalized spacial score (nSPS) is 11.2. The largest absolute Gasteiger partial charge is 0.335 e. The fraction of sp³-hybridized carbons (Fsp3) is 0.118. The lowest BCUT2D eigenvalue weighted by Crippen LogP contribution is -2.03. The van der Waals surface area contributed by atoms with Crippen LogP contribution in [0.5, 0.6) is 0 Å². The number of hydrogen-bond acceptors (Lipinski definition) is 5. The number of benzene rings is 2. The summed E-state index contributed by atoms with van der Waals surface area (Å²) in [6.45, 7) is 1.92. The number of fused-ring (bicyclic) bond motifs is 1. The number of rotatable bonds is 4. The summed E-state index contributed by atoms with van der Waals surface area (Å²) in [4.78, 5) is 18.2. The zero-order valence-corrected chi connectivity index (χ0v) is 14.0. The smallest absolute Gasteiger partial charge is 0.323 e. The summed E-state index contributed by atoms with van der Waals surface area (Å²) in [5.74, 6) is -2.37. The summed E-state index contributed by atoms with van der Waals surface area (Å²) in [7, 11) is 0. The highest BCUT2D eigenvalue weighted by molar-refractivity contribution is 5.86. The molecule has 0 fully saturated rings. The van der Waals surface area contributed by atoms with E-state index in [1.54, 1.807) is 22.5 Å². The molecular formula is C17H12F2N6O2. The molecule has 0 aliphatic heterocycles. The number of aromatic nitrogens is 5. The number of nitrogens with zero attached hydrogens (tertiary/aromatic N) is 6. The molecule has 2 heterocycles. The molecule has 27 heavy (non-hydrogen) atoms. The summed E-state index contributed by atoms with van der Waals surface area (Å²) in [6.07, 6.45) is 2.99. The Balaban J connectivity index is 1.76. The maximum absolute atomic E-state index is 13.9. The van der Waals surface area contributed by atoms with Crippen LogP contribution in [0.2, 0.25) is 0 Å². The molecular weight excluding hydrogens is 358 g/mol. The Hall–Kier alpha value is -3.69. The van der Waals surface area contributed by atoms with Crippen molar-refractivity contribution in [3.05, 3.63) is 76.1 Å². The SMILES string of the molecule is Cc1nc2c([N+](=O)[O-])c(F)c(F)cc2n1Cc1ccc(-n2cncn2)cc1. The Kier molecular flexibility index (Phi) is 3.87. The highest BCUT2D eigenvalue weighted by Crippen LogP contribution is 2.31. The van der Waals surface area contributed by atoms with E-state index >= 15 is 0 Å². The lowest BCUT2D eigenvalue weighted by atomic mass is 10.2. The van der Waals surface area contributed by atoms with Crippen LogP contribution in [-0.4, -0.2) is 29.2 Å². The lowest BCUT2D eigenvalue weighted by molar-refractivity contribution is -0.386. The van der Waals surface area contributed by atoms with Crippen LogP contribution >= 0.6 is 0 Å². The van der Waals surface area contributed by atoms with Crippen molar-refractivity contribution in [1.29, 1.82) is 0 Å². The van der Waals surface area contributed by atoms with Crippen LogP contribution in [-0.2, 0) is 6.54 Å². The third-order valence-electron chi connectivity index (χ3n) is 4.25. The van der Waals surface area contributed by atoms with Gasteiger partial charge >= 0.3 is 5.69 Å². The number of imidazole rings is 1. The van der Waals surface area contributed by atoms with Gasteiger partial charge in [-0.3, -0.25) is 10.1 Å². The molecule has 0 saturated heterocycles. The molecule has 0 spiro atoms. The van der Waals surface area contributed by atoms with Gasteiger partial charge in [-0.1, -0.05) is 12.1 Å². The summed E-state index contributed by atoms with van der Waals surface area (Å²) < 4.78 is 30.9. The first-order valence-electron chi connectivity index (χ1n) is 7.89. The number of nitro groups is 1. The van der Waals surface area contributed by atoms with Crippen molar-refractivity contribution in [2.45, 2.75) is 13.5 Å². The Morgan fingerprint density at radius 1 is 1.22 bits per heavy atom. The Morgan fingerprint density at radius 3 is 2.59 bits per heavy atom. The van der Waals surface area contributed by atoms with Crippen molar-refractivity contribution in [2.24, 2.45) is 0 Å². The summed E-state index contributed by atoms with van der Waals surface area (Å²) in [5, 5.41) is 15.2. The van der Waals surface area contributed by atoms with E-state index in [2.05, 4.69) is 15.1 Å². The molecule has 4 aromatic rings. The Labute approximate surface area is 150 Å². The molecule has 0 aliphatic carbocycles. The molecule has 0 unspecified atom stereocenters. The highest BCUT2D eigenvalue weighted by atomic mass is 19.2. The third kappa shape index (κ3) is 2.80. The fourth-order valence-corrected chi connectivity index (χ4v) is 2.95. The van der Waals surface area contributed by atoms with Crippen LogP contribution in [0, 0.1) is 28.7 Å². The maximum atomic E-state index is 13.9. The minimum Gasteiger partial charge on any atom is -0.323 e. The Bertz CT molecular complexity index is 1150. The first-order chi connectivity index (χ1) is 13.0. The second-order valence-electron chi connectivity index (χ2n) is 5.90. The summed E-state index contributed by atoms with van der Waals surface area (Å²) in [5.41, 5.74) is 0.711. The number of halogens is 2. The summed E-state index contributed by atoms with van der Waals surface area (Å²) in [6, 6.07) is 8.29. The van der Waals surface area contributed by atoms with Gasteiger partial charge in [-0.2, -0.15) is 9.49 Å². The van der Waals surface area contributed by atoms with E-state index in [0.717, 1.165) is 17.3 Å². The van der Waals surface area contributed by atoms with Gasteiger partial charge in [0.05, 0.1) is 16.1 Å². The first kappa shape index (κ1) is 16.8. The van der Waals surface area contributed by atoms with Gasteiger partial charge in [-0.05, 0) is 24.6 Å². The molecule has 0 atom stereocenters. The average molecular weight is 370 g/mol.